The molecule has 1 heterocycles. The van der Waals surface area contributed by atoms with Gasteiger partial charge in [-0.15, -0.1) is 0 Å². The zero-order valence-corrected chi connectivity index (χ0v) is 17.6. The van der Waals surface area contributed by atoms with E-state index in [9.17, 15) is 9.50 Å². The number of phenols is 1. The molecule has 2 nitrogen and oxygen atoms in total. The van der Waals surface area contributed by atoms with Gasteiger partial charge in [-0.2, -0.15) is 0 Å². The first-order valence-corrected chi connectivity index (χ1v) is 10.2. The van der Waals surface area contributed by atoms with Crippen LogP contribution in [0.15, 0.2) is 91.7 Å². The summed E-state index contributed by atoms with van der Waals surface area (Å²) >= 11 is 0. The van der Waals surface area contributed by atoms with Gasteiger partial charge in [-0.3, -0.25) is 0 Å². The van der Waals surface area contributed by atoms with Crippen molar-refractivity contribution in [3.8, 4) is 5.75 Å². The number of rotatable bonds is 4. The predicted octanol–water partition coefficient (Wildman–Crippen LogP) is 7.41. The van der Waals surface area contributed by atoms with Crippen LogP contribution in [0.2, 0.25) is 0 Å². The second-order valence-electron chi connectivity index (χ2n) is 7.55. The molecule has 30 heavy (non-hydrogen) atoms. The van der Waals surface area contributed by atoms with Crippen LogP contribution in [0.5, 0.6) is 5.75 Å². The van der Waals surface area contributed by atoms with E-state index in [2.05, 4.69) is 56.2 Å². The first kappa shape index (κ1) is 21.4. The van der Waals surface area contributed by atoms with Crippen LogP contribution >= 0.6 is 0 Å². The zero-order chi connectivity index (χ0) is 21.7. The van der Waals surface area contributed by atoms with E-state index >= 15 is 0 Å². The van der Waals surface area contributed by atoms with Crippen molar-refractivity contribution in [3.05, 3.63) is 114 Å². The molecule has 0 radical (unpaired) electrons. The molecular weight excluding hydrogens is 373 g/mol. The van der Waals surface area contributed by atoms with E-state index in [-0.39, 0.29) is 17.6 Å². The van der Waals surface area contributed by atoms with Crippen LogP contribution < -0.4 is 4.90 Å². The van der Waals surface area contributed by atoms with Gasteiger partial charge in [-0.25, -0.2) is 4.39 Å². The van der Waals surface area contributed by atoms with Gasteiger partial charge in [-0.1, -0.05) is 62.0 Å². The highest BCUT2D eigenvalue weighted by molar-refractivity contribution is 5.63. The van der Waals surface area contributed by atoms with Gasteiger partial charge in [0.05, 0.1) is 6.04 Å². The van der Waals surface area contributed by atoms with Gasteiger partial charge in [0, 0.05) is 17.8 Å². The molecule has 0 saturated carbocycles. The van der Waals surface area contributed by atoms with Crippen LogP contribution in [0.25, 0.3) is 5.57 Å². The van der Waals surface area contributed by atoms with E-state index in [0.29, 0.717) is 0 Å². The lowest BCUT2D eigenvalue weighted by molar-refractivity contribution is 0.474. The number of benzene rings is 3. The van der Waals surface area contributed by atoms with Gasteiger partial charge in [0.15, 0.2) is 0 Å². The van der Waals surface area contributed by atoms with Crippen LogP contribution in [0.1, 0.15) is 42.5 Å². The fourth-order valence-corrected chi connectivity index (χ4v) is 3.44. The highest BCUT2D eigenvalue weighted by atomic mass is 19.1. The van der Waals surface area contributed by atoms with E-state index in [4.69, 9.17) is 0 Å². The quantitative estimate of drug-likeness (QED) is 0.492. The lowest BCUT2D eigenvalue weighted by Gasteiger charge is -2.45. The second-order valence-corrected chi connectivity index (χ2v) is 7.55. The molecule has 3 aromatic rings. The number of hydrogen-bond donors (Lipinski definition) is 1. The van der Waals surface area contributed by atoms with E-state index in [1.165, 1.54) is 28.8 Å². The van der Waals surface area contributed by atoms with E-state index < -0.39 is 0 Å². The summed E-state index contributed by atoms with van der Waals surface area (Å²) in [6.45, 7) is 12.2. The van der Waals surface area contributed by atoms with Gasteiger partial charge in [-0.05, 0) is 66.4 Å². The molecule has 1 aliphatic heterocycles. The molecule has 1 saturated heterocycles. The zero-order valence-electron chi connectivity index (χ0n) is 17.6. The Morgan fingerprint density at radius 1 is 1.00 bits per heavy atom. The van der Waals surface area contributed by atoms with Crippen LogP contribution in [0.4, 0.5) is 10.1 Å². The van der Waals surface area contributed by atoms with Crippen molar-refractivity contribution in [2.24, 2.45) is 0 Å². The normalized spacial score (nSPS) is 15.1. The smallest absolute Gasteiger partial charge is 0.123 e. The Kier molecular flexibility index (Phi) is 6.73. The maximum atomic E-state index is 13.0. The van der Waals surface area contributed by atoms with Gasteiger partial charge in [0.2, 0.25) is 0 Å². The maximum Gasteiger partial charge on any atom is 0.123 e. The number of halogens is 1. The minimum absolute atomic E-state index is 0.207. The SMILES string of the molecule is C=C(CC)c1ccc(C)cc1.C=C1CC(c2ccc(O)cc2)N1c1ccc(F)cc1. The van der Waals surface area contributed by atoms with Crippen molar-refractivity contribution in [2.45, 2.75) is 32.7 Å². The standard InChI is InChI=1S/C16H14FNO.C11H14/c1-11-10-16(12-2-8-15(19)9-3-12)18(11)14-6-4-13(17)5-7-14;1-4-10(3)11-7-5-9(2)6-8-11/h2-9,16,19H,1,10H2;5-8H,3-4H2,1-2H3. The Hall–Kier alpha value is -3.33. The van der Waals surface area contributed by atoms with Crippen molar-refractivity contribution in [1.82, 2.24) is 0 Å². The molecular formula is C27H28FNO. The molecule has 1 fully saturated rings. The fraction of sp³-hybridized carbons (Fsp3) is 0.185. The van der Waals surface area contributed by atoms with Gasteiger partial charge >= 0.3 is 0 Å². The Labute approximate surface area is 178 Å². The van der Waals surface area contributed by atoms with Crippen LogP contribution in [-0.2, 0) is 0 Å². The first-order valence-electron chi connectivity index (χ1n) is 10.2. The Morgan fingerprint density at radius 3 is 2.13 bits per heavy atom. The molecule has 4 rings (SSSR count). The molecule has 0 amide bonds. The highest BCUT2D eigenvalue weighted by Crippen LogP contribution is 2.44. The molecule has 0 aliphatic carbocycles. The number of aromatic hydroxyl groups is 1. The van der Waals surface area contributed by atoms with Crippen LogP contribution in [0, 0.1) is 12.7 Å². The van der Waals surface area contributed by atoms with E-state index in [1.807, 2.05) is 12.1 Å². The lowest BCUT2D eigenvalue weighted by Crippen LogP contribution is -2.38. The van der Waals surface area contributed by atoms with Gasteiger partial charge in [0.25, 0.3) is 0 Å². The van der Waals surface area contributed by atoms with Crippen molar-refractivity contribution >= 4 is 11.3 Å². The number of nitrogens with zero attached hydrogens (tertiary/aromatic N) is 1. The Morgan fingerprint density at radius 2 is 1.60 bits per heavy atom. The van der Waals surface area contributed by atoms with Gasteiger partial charge in [0.1, 0.15) is 11.6 Å². The molecule has 0 aromatic heterocycles. The fourth-order valence-electron chi connectivity index (χ4n) is 3.44. The summed E-state index contributed by atoms with van der Waals surface area (Å²) in [5.74, 6) is 0.0197. The number of aryl methyl sites for hydroxylation is 1. The van der Waals surface area contributed by atoms with Crippen molar-refractivity contribution in [3.63, 3.8) is 0 Å². The Balaban J connectivity index is 0.000000199. The molecule has 0 bridgehead atoms. The summed E-state index contributed by atoms with van der Waals surface area (Å²) in [5.41, 5.74) is 6.86. The monoisotopic (exact) mass is 401 g/mol. The number of allylic oxidation sites excluding steroid dienone is 1. The van der Waals surface area contributed by atoms with Crippen molar-refractivity contribution in [1.29, 1.82) is 0 Å². The third kappa shape index (κ3) is 4.98. The third-order valence-electron chi connectivity index (χ3n) is 5.35. The summed E-state index contributed by atoms with van der Waals surface area (Å²) in [5, 5.41) is 9.32. The molecule has 1 atom stereocenters. The molecule has 1 unspecified atom stereocenters. The molecule has 1 N–H and O–H groups in total. The van der Waals surface area contributed by atoms with Gasteiger partial charge < -0.3 is 10.0 Å². The number of anilines is 1. The highest BCUT2D eigenvalue weighted by Gasteiger charge is 2.33. The number of hydrogen-bond acceptors (Lipinski definition) is 2. The third-order valence-corrected chi connectivity index (χ3v) is 5.35. The molecule has 0 spiro atoms. The predicted molar refractivity (Wildman–Crippen MR) is 124 cm³/mol. The average Bonchev–Trinajstić information content (AvgIpc) is 2.75. The summed E-state index contributed by atoms with van der Waals surface area (Å²) < 4.78 is 13.0. The number of phenolic OH excluding ortho intramolecular Hbond substituents is 1. The topological polar surface area (TPSA) is 23.5 Å². The van der Waals surface area contributed by atoms with Crippen LogP contribution in [-0.4, -0.2) is 5.11 Å². The molecule has 3 aromatic carbocycles. The van der Waals surface area contributed by atoms with Crippen molar-refractivity contribution in [2.75, 3.05) is 4.90 Å². The molecule has 154 valence electrons. The maximum absolute atomic E-state index is 13.0. The first-order chi connectivity index (χ1) is 14.4. The van der Waals surface area contributed by atoms with E-state index in [1.54, 1.807) is 24.3 Å². The second kappa shape index (κ2) is 9.45. The summed E-state index contributed by atoms with van der Waals surface area (Å²) in [6, 6.07) is 22.3. The van der Waals surface area contributed by atoms with E-state index in [0.717, 1.165) is 29.8 Å². The minimum Gasteiger partial charge on any atom is -0.508 e. The summed E-state index contributed by atoms with van der Waals surface area (Å²) in [4.78, 5) is 2.09. The van der Waals surface area contributed by atoms with Crippen LogP contribution in [0.3, 0.4) is 0 Å². The average molecular weight is 402 g/mol. The summed E-state index contributed by atoms with van der Waals surface area (Å²) in [7, 11) is 0. The summed E-state index contributed by atoms with van der Waals surface area (Å²) in [6.07, 6.45) is 1.91. The largest absolute Gasteiger partial charge is 0.508 e. The minimum atomic E-state index is -0.240. The molecule has 1 aliphatic rings. The lowest BCUT2D eigenvalue weighted by atomic mass is 9.91. The van der Waals surface area contributed by atoms with Crippen molar-refractivity contribution < 1.29 is 9.50 Å². The Bertz CT molecular complexity index is 1000. The molecule has 3 heteroatoms.